The topological polar surface area (TPSA) is 114 Å². The van der Waals surface area contributed by atoms with Crippen LogP contribution in [0.25, 0.3) is 0 Å². The first kappa shape index (κ1) is 13.1. The summed E-state index contributed by atoms with van der Waals surface area (Å²) in [7, 11) is 0. The monoisotopic (exact) mass is 238 g/mol. The second-order valence-electron chi connectivity index (χ2n) is 3.83. The van der Waals surface area contributed by atoms with Gasteiger partial charge in [0, 0.05) is 6.54 Å². The van der Waals surface area contributed by atoms with Crippen molar-refractivity contribution in [3.05, 3.63) is 11.3 Å². The zero-order chi connectivity index (χ0) is 13.0. The molecular weight excluding hydrogens is 220 g/mol. The van der Waals surface area contributed by atoms with Gasteiger partial charge < -0.3 is 21.9 Å². The van der Waals surface area contributed by atoms with Gasteiger partial charge in [0.15, 0.2) is 5.82 Å². The number of nitrogens with two attached hydrogens (primary N) is 2. The van der Waals surface area contributed by atoms with E-state index in [1.165, 1.54) is 0 Å². The van der Waals surface area contributed by atoms with Gasteiger partial charge in [-0.05, 0) is 13.3 Å². The van der Waals surface area contributed by atoms with E-state index in [-0.39, 0.29) is 16.9 Å². The number of aromatic carboxylic acids is 1. The first-order valence-corrected chi connectivity index (χ1v) is 5.51. The number of nitrogens with one attached hydrogen (secondary N) is 1. The summed E-state index contributed by atoms with van der Waals surface area (Å²) in [5.74, 6) is -0.655. The molecule has 0 aliphatic carbocycles. The lowest BCUT2D eigenvalue weighted by atomic mass is 10.1. The number of hydrogen-bond acceptors (Lipinski definition) is 5. The molecule has 0 saturated heterocycles. The molecule has 0 amide bonds. The summed E-state index contributed by atoms with van der Waals surface area (Å²) in [6.45, 7) is 4.41. The van der Waals surface area contributed by atoms with Gasteiger partial charge in [-0.1, -0.05) is 13.3 Å². The van der Waals surface area contributed by atoms with Gasteiger partial charge in [-0.25, -0.2) is 9.78 Å². The van der Waals surface area contributed by atoms with Crippen molar-refractivity contribution in [2.24, 2.45) is 0 Å². The van der Waals surface area contributed by atoms with E-state index >= 15 is 0 Å². The summed E-state index contributed by atoms with van der Waals surface area (Å²) in [5.41, 5.74) is 12.1. The molecule has 17 heavy (non-hydrogen) atoms. The number of carboxylic acid groups (broad SMARTS) is 1. The van der Waals surface area contributed by atoms with Gasteiger partial charge in [-0.15, -0.1) is 0 Å². The second-order valence-corrected chi connectivity index (χ2v) is 3.83. The molecule has 1 heterocycles. The minimum atomic E-state index is -1.11. The Balaban J connectivity index is 3.07. The van der Waals surface area contributed by atoms with E-state index in [4.69, 9.17) is 16.6 Å². The van der Waals surface area contributed by atoms with E-state index in [0.29, 0.717) is 11.5 Å². The third-order valence-corrected chi connectivity index (χ3v) is 2.49. The quantitative estimate of drug-likeness (QED) is 0.577. The van der Waals surface area contributed by atoms with E-state index in [2.05, 4.69) is 17.2 Å². The molecule has 0 fully saturated rings. The Morgan fingerprint density at radius 1 is 1.41 bits per heavy atom. The Morgan fingerprint density at radius 2 is 2.06 bits per heavy atom. The SMILES string of the molecule is CCCCNc1nc(C)c(C(=O)O)c(N)c1N. The van der Waals surface area contributed by atoms with E-state index in [1.54, 1.807) is 6.92 Å². The van der Waals surface area contributed by atoms with Crippen LogP contribution in [0.3, 0.4) is 0 Å². The van der Waals surface area contributed by atoms with Crippen molar-refractivity contribution < 1.29 is 9.90 Å². The number of anilines is 3. The van der Waals surface area contributed by atoms with Gasteiger partial charge in [0.25, 0.3) is 0 Å². The van der Waals surface area contributed by atoms with E-state index in [0.717, 1.165) is 19.4 Å². The minimum absolute atomic E-state index is 0.0245. The van der Waals surface area contributed by atoms with Crippen molar-refractivity contribution >= 4 is 23.2 Å². The van der Waals surface area contributed by atoms with Crippen molar-refractivity contribution in [2.75, 3.05) is 23.3 Å². The lowest BCUT2D eigenvalue weighted by molar-refractivity contribution is 0.0697. The number of pyridine rings is 1. The van der Waals surface area contributed by atoms with Gasteiger partial charge in [0.2, 0.25) is 0 Å². The zero-order valence-corrected chi connectivity index (χ0v) is 10.1. The van der Waals surface area contributed by atoms with Crippen LogP contribution in [0.15, 0.2) is 0 Å². The highest BCUT2D eigenvalue weighted by molar-refractivity contribution is 5.99. The van der Waals surface area contributed by atoms with Gasteiger partial charge in [-0.3, -0.25) is 0 Å². The molecule has 6 heteroatoms. The fraction of sp³-hybridized carbons (Fsp3) is 0.455. The van der Waals surface area contributed by atoms with Crippen LogP contribution in [0, 0.1) is 6.92 Å². The number of hydrogen-bond donors (Lipinski definition) is 4. The fourth-order valence-corrected chi connectivity index (χ4v) is 1.53. The summed E-state index contributed by atoms with van der Waals surface area (Å²) in [6.07, 6.45) is 2.04. The van der Waals surface area contributed by atoms with Crippen molar-refractivity contribution in [1.82, 2.24) is 4.98 Å². The number of aromatic nitrogens is 1. The molecule has 6 nitrogen and oxygen atoms in total. The number of nitrogens with zero attached hydrogens (tertiary/aromatic N) is 1. The fourth-order valence-electron chi connectivity index (χ4n) is 1.53. The highest BCUT2D eigenvalue weighted by atomic mass is 16.4. The highest BCUT2D eigenvalue weighted by Gasteiger charge is 2.18. The van der Waals surface area contributed by atoms with Crippen LogP contribution < -0.4 is 16.8 Å². The van der Waals surface area contributed by atoms with Gasteiger partial charge in [0.1, 0.15) is 5.56 Å². The molecule has 0 aliphatic rings. The maximum atomic E-state index is 11.0. The molecule has 1 rings (SSSR count). The summed E-state index contributed by atoms with van der Waals surface area (Å²) >= 11 is 0. The molecule has 0 atom stereocenters. The number of nitrogen functional groups attached to an aromatic ring is 2. The molecule has 1 aromatic heterocycles. The molecule has 0 aliphatic heterocycles. The summed E-state index contributed by atoms with van der Waals surface area (Å²) in [4.78, 5) is 15.1. The third kappa shape index (κ3) is 2.77. The van der Waals surface area contributed by atoms with E-state index in [1.807, 2.05) is 0 Å². The summed E-state index contributed by atoms with van der Waals surface area (Å²) < 4.78 is 0. The lowest BCUT2D eigenvalue weighted by Gasteiger charge is -2.13. The Labute approximate surface area is 100 Å². The normalized spacial score (nSPS) is 10.2. The summed E-state index contributed by atoms with van der Waals surface area (Å²) in [5, 5.41) is 12.0. The second kappa shape index (κ2) is 5.38. The van der Waals surface area contributed by atoms with Crippen LogP contribution in [0.4, 0.5) is 17.2 Å². The lowest BCUT2D eigenvalue weighted by Crippen LogP contribution is -2.14. The van der Waals surface area contributed by atoms with Crippen LogP contribution >= 0.6 is 0 Å². The molecule has 0 unspecified atom stereocenters. The molecule has 94 valence electrons. The average Bonchev–Trinajstić information content (AvgIpc) is 2.25. The van der Waals surface area contributed by atoms with Gasteiger partial charge in [0.05, 0.1) is 17.1 Å². The Morgan fingerprint density at radius 3 is 2.59 bits per heavy atom. The van der Waals surface area contributed by atoms with Crippen LogP contribution in [-0.2, 0) is 0 Å². The first-order valence-electron chi connectivity index (χ1n) is 5.51. The average molecular weight is 238 g/mol. The first-order chi connectivity index (χ1) is 7.99. The highest BCUT2D eigenvalue weighted by Crippen LogP contribution is 2.28. The number of carbonyl (C=O) groups is 1. The molecule has 0 radical (unpaired) electrons. The van der Waals surface area contributed by atoms with Crippen molar-refractivity contribution in [3.63, 3.8) is 0 Å². The smallest absolute Gasteiger partial charge is 0.339 e. The summed E-state index contributed by atoms with van der Waals surface area (Å²) in [6, 6.07) is 0. The van der Waals surface area contributed by atoms with Crippen LogP contribution in [-0.4, -0.2) is 22.6 Å². The number of rotatable bonds is 5. The molecular formula is C11H18N4O2. The number of carboxylic acids is 1. The van der Waals surface area contributed by atoms with Crippen molar-refractivity contribution in [3.8, 4) is 0 Å². The molecule has 1 aromatic rings. The van der Waals surface area contributed by atoms with Gasteiger partial charge >= 0.3 is 5.97 Å². The standard InChI is InChI=1S/C11H18N4O2/c1-3-4-5-14-10-9(13)8(12)7(11(16)17)6(2)15-10/h3-5,13H2,1-2H3,(H,16,17)(H3,12,14,15). The maximum absolute atomic E-state index is 11.0. The predicted molar refractivity (Wildman–Crippen MR) is 68.2 cm³/mol. The van der Waals surface area contributed by atoms with Gasteiger partial charge in [-0.2, -0.15) is 0 Å². The molecule has 0 aromatic carbocycles. The van der Waals surface area contributed by atoms with E-state index in [9.17, 15) is 4.79 Å². The Hall–Kier alpha value is -1.98. The predicted octanol–water partition coefficient (Wildman–Crippen LogP) is 1.46. The molecule has 0 saturated carbocycles. The number of unbranched alkanes of at least 4 members (excludes halogenated alkanes) is 1. The minimum Gasteiger partial charge on any atom is -0.478 e. The molecule has 0 bridgehead atoms. The van der Waals surface area contributed by atoms with Crippen LogP contribution in [0.2, 0.25) is 0 Å². The zero-order valence-electron chi connectivity index (χ0n) is 10.1. The van der Waals surface area contributed by atoms with Crippen molar-refractivity contribution in [2.45, 2.75) is 26.7 Å². The van der Waals surface area contributed by atoms with Crippen LogP contribution in [0.1, 0.15) is 35.8 Å². The Kier molecular flexibility index (Phi) is 4.14. The Bertz CT molecular complexity index is 432. The molecule has 0 spiro atoms. The van der Waals surface area contributed by atoms with Crippen LogP contribution in [0.5, 0.6) is 0 Å². The largest absolute Gasteiger partial charge is 0.478 e. The number of aryl methyl sites for hydroxylation is 1. The maximum Gasteiger partial charge on any atom is 0.339 e. The van der Waals surface area contributed by atoms with E-state index < -0.39 is 5.97 Å². The molecule has 6 N–H and O–H groups in total. The van der Waals surface area contributed by atoms with Crippen molar-refractivity contribution in [1.29, 1.82) is 0 Å². The third-order valence-electron chi connectivity index (χ3n) is 2.49.